The fourth-order valence-corrected chi connectivity index (χ4v) is 5.47. The van der Waals surface area contributed by atoms with E-state index in [2.05, 4.69) is 0 Å². The molecule has 2 atom stereocenters. The number of aliphatic carboxylic acids is 1. The van der Waals surface area contributed by atoms with Crippen molar-refractivity contribution in [2.75, 3.05) is 13.7 Å². The van der Waals surface area contributed by atoms with Gasteiger partial charge in [-0.15, -0.1) is 0 Å². The van der Waals surface area contributed by atoms with Crippen molar-refractivity contribution in [3.8, 4) is 5.75 Å². The number of aryl methyl sites for hydroxylation is 1. The SMILES string of the molecule is COc1ccc(COC2CCC(CCC(=O)O)N(S(=O)(=O)c3ccc(C)cc3)C2)cc1. The molecule has 0 spiro atoms. The number of methoxy groups -OCH3 is 1. The van der Waals surface area contributed by atoms with Crippen LogP contribution in [0.4, 0.5) is 0 Å². The first-order valence-corrected chi connectivity index (χ1v) is 11.8. The molecule has 8 heteroatoms. The average molecular weight is 448 g/mol. The first kappa shape index (κ1) is 23.2. The summed E-state index contributed by atoms with van der Waals surface area (Å²) in [6.45, 7) is 2.47. The molecule has 0 bridgehead atoms. The molecule has 2 aromatic carbocycles. The number of benzene rings is 2. The Labute approximate surface area is 183 Å². The number of carboxylic acids is 1. The Bertz CT molecular complexity index is 972. The van der Waals surface area contributed by atoms with Crippen molar-refractivity contribution in [1.29, 1.82) is 0 Å². The maximum absolute atomic E-state index is 13.4. The van der Waals surface area contributed by atoms with E-state index in [4.69, 9.17) is 14.6 Å². The quantitative estimate of drug-likeness (QED) is 0.631. The standard InChI is InChI=1S/C23H29NO6S/c1-17-3-12-22(13-4-17)31(27,28)24-15-21(11-7-19(24)8-14-23(25)26)30-16-18-5-9-20(29-2)10-6-18/h3-6,9-10,12-13,19,21H,7-8,11,14-16H2,1-2H3,(H,25,26). The summed E-state index contributed by atoms with van der Waals surface area (Å²) in [7, 11) is -2.15. The molecule has 31 heavy (non-hydrogen) atoms. The molecule has 0 radical (unpaired) electrons. The van der Waals surface area contributed by atoms with Gasteiger partial charge in [0.05, 0.1) is 24.7 Å². The molecule has 0 saturated carbocycles. The number of hydrogen-bond donors (Lipinski definition) is 1. The highest BCUT2D eigenvalue weighted by molar-refractivity contribution is 7.89. The van der Waals surface area contributed by atoms with E-state index in [1.54, 1.807) is 31.4 Å². The number of rotatable bonds is 9. The van der Waals surface area contributed by atoms with Crippen LogP contribution in [0, 0.1) is 6.92 Å². The Morgan fingerprint density at radius 1 is 1.10 bits per heavy atom. The lowest BCUT2D eigenvalue weighted by molar-refractivity contribution is -0.137. The van der Waals surface area contributed by atoms with E-state index >= 15 is 0 Å². The van der Waals surface area contributed by atoms with E-state index in [1.165, 1.54) is 4.31 Å². The van der Waals surface area contributed by atoms with Gasteiger partial charge in [0.1, 0.15) is 5.75 Å². The van der Waals surface area contributed by atoms with Crippen molar-refractivity contribution in [3.05, 3.63) is 59.7 Å². The molecule has 1 saturated heterocycles. The lowest BCUT2D eigenvalue weighted by Crippen LogP contribution is -2.49. The van der Waals surface area contributed by atoms with E-state index in [0.29, 0.717) is 19.4 Å². The molecular weight excluding hydrogens is 418 g/mol. The Hall–Kier alpha value is -2.42. The summed E-state index contributed by atoms with van der Waals surface area (Å²) >= 11 is 0. The maximum atomic E-state index is 13.4. The summed E-state index contributed by atoms with van der Waals surface area (Å²) in [6, 6.07) is 13.9. The number of hydrogen-bond acceptors (Lipinski definition) is 5. The third kappa shape index (κ3) is 6.06. The van der Waals surface area contributed by atoms with Crippen LogP contribution in [0.2, 0.25) is 0 Å². The van der Waals surface area contributed by atoms with Crippen LogP contribution in [-0.2, 0) is 26.2 Å². The molecule has 0 aliphatic carbocycles. The summed E-state index contributed by atoms with van der Waals surface area (Å²) in [5.74, 6) is -0.163. The predicted molar refractivity (Wildman–Crippen MR) is 117 cm³/mol. The van der Waals surface area contributed by atoms with Gasteiger partial charge in [-0.25, -0.2) is 8.42 Å². The second-order valence-corrected chi connectivity index (χ2v) is 9.72. The van der Waals surface area contributed by atoms with Crippen molar-refractivity contribution in [3.63, 3.8) is 0 Å². The number of carbonyl (C=O) groups is 1. The maximum Gasteiger partial charge on any atom is 0.303 e. The average Bonchev–Trinajstić information content (AvgIpc) is 2.77. The zero-order chi connectivity index (χ0) is 22.4. The van der Waals surface area contributed by atoms with Crippen molar-refractivity contribution in [2.24, 2.45) is 0 Å². The molecule has 2 unspecified atom stereocenters. The molecule has 7 nitrogen and oxygen atoms in total. The fraction of sp³-hybridized carbons (Fsp3) is 0.435. The summed E-state index contributed by atoms with van der Waals surface area (Å²) in [5, 5.41) is 9.08. The van der Waals surface area contributed by atoms with Crippen LogP contribution in [0.5, 0.6) is 5.75 Å². The van der Waals surface area contributed by atoms with E-state index in [-0.39, 0.29) is 36.4 Å². The van der Waals surface area contributed by atoms with Crippen LogP contribution in [-0.4, -0.2) is 49.6 Å². The van der Waals surface area contributed by atoms with Crippen molar-refractivity contribution < 1.29 is 27.8 Å². The van der Waals surface area contributed by atoms with E-state index in [1.807, 2.05) is 31.2 Å². The molecule has 168 valence electrons. The number of carboxylic acid groups (broad SMARTS) is 1. The molecule has 1 aliphatic rings. The van der Waals surface area contributed by atoms with Crippen molar-refractivity contribution in [2.45, 2.75) is 56.3 Å². The van der Waals surface area contributed by atoms with E-state index < -0.39 is 16.0 Å². The largest absolute Gasteiger partial charge is 0.497 e. The Balaban J connectivity index is 1.74. The number of ether oxygens (including phenoxy) is 2. The lowest BCUT2D eigenvalue weighted by Gasteiger charge is -2.38. The minimum Gasteiger partial charge on any atom is -0.497 e. The minimum atomic E-state index is -3.76. The molecule has 1 fully saturated rings. The van der Waals surface area contributed by atoms with Gasteiger partial charge >= 0.3 is 5.97 Å². The lowest BCUT2D eigenvalue weighted by atomic mass is 9.98. The van der Waals surface area contributed by atoms with Gasteiger partial charge in [-0.3, -0.25) is 4.79 Å². The smallest absolute Gasteiger partial charge is 0.303 e. The third-order valence-electron chi connectivity index (χ3n) is 5.58. The van der Waals surface area contributed by atoms with Crippen LogP contribution in [0.3, 0.4) is 0 Å². The molecular formula is C23H29NO6S. The number of nitrogens with zero attached hydrogens (tertiary/aromatic N) is 1. The highest BCUT2D eigenvalue weighted by Crippen LogP contribution is 2.30. The van der Waals surface area contributed by atoms with Crippen LogP contribution < -0.4 is 4.74 Å². The molecule has 1 aliphatic heterocycles. The summed E-state index contributed by atoms with van der Waals surface area (Å²) in [6.07, 6.45) is 1.20. The molecule has 3 rings (SSSR count). The van der Waals surface area contributed by atoms with E-state index in [9.17, 15) is 13.2 Å². The van der Waals surface area contributed by atoms with Gasteiger partial charge in [0, 0.05) is 19.0 Å². The first-order valence-electron chi connectivity index (χ1n) is 10.3. The van der Waals surface area contributed by atoms with Gasteiger partial charge in [0.15, 0.2) is 0 Å². The van der Waals surface area contributed by atoms with Crippen LogP contribution in [0.15, 0.2) is 53.4 Å². The molecule has 1 N–H and O–H groups in total. The molecule has 1 heterocycles. The predicted octanol–water partition coefficient (Wildman–Crippen LogP) is 3.61. The second-order valence-electron chi connectivity index (χ2n) is 7.83. The highest BCUT2D eigenvalue weighted by Gasteiger charge is 2.37. The van der Waals surface area contributed by atoms with E-state index in [0.717, 1.165) is 16.9 Å². The number of sulfonamides is 1. The Kier molecular flexibility index (Phi) is 7.69. The highest BCUT2D eigenvalue weighted by atomic mass is 32.2. The Morgan fingerprint density at radius 2 is 1.77 bits per heavy atom. The van der Waals surface area contributed by atoms with Gasteiger partial charge in [-0.1, -0.05) is 29.8 Å². The summed E-state index contributed by atoms with van der Waals surface area (Å²) in [4.78, 5) is 11.3. The first-order chi connectivity index (χ1) is 14.8. The van der Waals surface area contributed by atoms with Gasteiger partial charge < -0.3 is 14.6 Å². The molecule has 0 aromatic heterocycles. The summed E-state index contributed by atoms with van der Waals surface area (Å²) in [5.41, 5.74) is 1.95. The van der Waals surface area contributed by atoms with Gasteiger partial charge in [0.25, 0.3) is 0 Å². The zero-order valence-electron chi connectivity index (χ0n) is 17.9. The monoisotopic (exact) mass is 447 g/mol. The summed E-state index contributed by atoms with van der Waals surface area (Å²) < 4.78 is 39.3. The van der Waals surface area contributed by atoms with Gasteiger partial charge in [0.2, 0.25) is 10.0 Å². The molecule has 0 amide bonds. The minimum absolute atomic E-state index is 0.0675. The van der Waals surface area contributed by atoms with Crippen LogP contribution >= 0.6 is 0 Å². The third-order valence-corrected chi connectivity index (χ3v) is 7.51. The second kappa shape index (κ2) is 10.3. The van der Waals surface area contributed by atoms with Crippen molar-refractivity contribution >= 4 is 16.0 Å². The Morgan fingerprint density at radius 3 is 2.39 bits per heavy atom. The normalized spacial score (nSPS) is 19.8. The van der Waals surface area contributed by atoms with Gasteiger partial charge in [-0.2, -0.15) is 4.31 Å². The fourth-order valence-electron chi connectivity index (χ4n) is 3.75. The van der Waals surface area contributed by atoms with Crippen LogP contribution in [0.1, 0.15) is 36.8 Å². The van der Waals surface area contributed by atoms with Gasteiger partial charge in [-0.05, 0) is 56.0 Å². The van der Waals surface area contributed by atoms with Crippen LogP contribution in [0.25, 0.3) is 0 Å². The zero-order valence-corrected chi connectivity index (χ0v) is 18.7. The number of piperidine rings is 1. The topological polar surface area (TPSA) is 93.1 Å². The van der Waals surface area contributed by atoms with Crippen molar-refractivity contribution in [1.82, 2.24) is 4.31 Å². The molecule has 2 aromatic rings.